The van der Waals surface area contributed by atoms with E-state index >= 15 is 0 Å². The third kappa shape index (κ3) is 2.23. The molecule has 5 heteroatoms. The summed E-state index contributed by atoms with van der Waals surface area (Å²) in [4.78, 5) is 38.2. The third-order valence-electron chi connectivity index (χ3n) is 6.03. The summed E-state index contributed by atoms with van der Waals surface area (Å²) >= 11 is 5.82. The van der Waals surface area contributed by atoms with E-state index in [2.05, 4.69) is 5.32 Å². The zero-order chi connectivity index (χ0) is 17.0. The smallest absolute Gasteiger partial charge is 0.242 e. The van der Waals surface area contributed by atoms with Gasteiger partial charge in [-0.2, -0.15) is 0 Å². The van der Waals surface area contributed by atoms with Gasteiger partial charge in [0.2, 0.25) is 5.91 Å². The molecule has 0 aliphatic heterocycles. The molecule has 0 saturated heterocycles. The van der Waals surface area contributed by atoms with Crippen LogP contribution in [0.1, 0.15) is 33.6 Å². The van der Waals surface area contributed by atoms with Crippen molar-refractivity contribution in [2.45, 2.75) is 33.6 Å². The fourth-order valence-electron chi connectivity index (χ4n) is 4.08. The van der Waals surface area contributed by atoms with Gasteiger partial charge in [0.25, 0.3) is 0 Å². The van der Waals surface area contributed by atoms with Crippen molar-refractivity contribution in [2.24, 2.45) is 22.7 Å². The largest absolute Gasteiger partial charge is 0.325 e. The number of anilines is 1. The monoisotopic (exact) mass is 333 g/mol. The maximum absolute atomic E-state index is 12.9. The molecule has 1 amide bonds. The summed E-state index contributed by atoms with van der Waals surface area (Å²) < 4.78 is 0. The summed E-state index contributed by atoms with van der Waals surface area (Å²) in [7, 11) is 0. The first-order chi connectivity index (χ1) is 10.7. The highest BCUT2D eigenvalue weighted by Gasteiger charge is 2.65. The van der Waals surface area contributed by atoms with Crippen LogP contribution in [0, 0.1) is 22.7 Å². The molecule has 1 N–H and O–H groups in total. The third-order valence-corrected chi connectivity index (χ3v) is 6.29. The highest BCUT2D eigenvalue weighted by molar-refractivity contribution is 6.30. The van der Waals surface area contributed by atoms with Crippen LogP contribution in [0.25, 0.3) is 0 Å². The Morgan fingerprint density at radius 2 is 1.78 bits per heavy atom. The summed E-state index contributed by atoms with van der Waals surface area (Å²) in [5, 5.41) is 3.23. The number of fused-ring (bicyclic) bond motifs is 2. The maximum atomic E-state index is 12.9. The molecule has 2 bridgehead atoms. The molecule has 0 radical (unpaired) electrons. The van der Waals surface area contributed by atoms with Crippen LogP contribution in [0.15, 0.2) is 24.3 Å². The predicted octanol–water partition coefficient (Wildman–Crippen LogP) is 3.49. The number of hydrogen-bond acceptors (Lipinski definition) is 3. The van der Waals surface area contributed by atoms with Crippen molar-refractivity contribution in [2.75, 3.05) is 5.32 Å². The van der Waals surface area contributed by atoms with E-state index in [4.69, 9.17) is 11.6 Å². The molecule has 1 aromatic rings. The van der Waals surface area contributed by atoms with Crippen molar-refractivity contribution >= 4 is 34.8 Å². The summed E-state index contributed by atoms with van der Waals surface area (Å²) in [6.45, 7) is 5.83. The highest BCUT2D eigenvalue weighted by Crippen LogP contribution is 2.61. The molecule has 23 heavy (non-hydrogen) atoms. The number of hydrogen-bond donors (Lipinski definition) is 1. The van der Waals surface area contributed by atoms with Crippen LogP contribution in [-0.2, 0) is 14.4 Å². The van der Waals surface area contributed by atoms with E-state index in [1.54, 1.807) is 24.3 Å². The molecule has 122 valence electrons. The van der Waals surface area contributed by atoms with Gasteiger partial charge in [-0.05, 0) is 42.5 Å². The number of amides is 1. The van der Waals surface area contributed by atoms with E-state index in [9.17, 15) is 14.4 Å². The quantitative estimate of drug-likeness (QED) is 0.843. The Hall–Kier alpha value is -1.68. The van der Waals surface area contributed by atoms with Gasteiger partial charge < -0.3 is 5.32 Å². The summed E-state index contributed by atoms with van der Waals surface area (Å²) in [5.74, 6) is -2.44. The maximum Gasteiger partial charge on any atom is 0.242 e. The highest BCUT2D eigenvalue weighted by atomic mass is 35.5. The van der Waals surface area contributed by atoms with Crippen molar-refractivity contribution in [3.63, 3.8) is 0 Å². The fourth-order valence-corrected chi connectivity index (χ4v) is 4.21. The molecular weight excluding hydrogens is 314 g/mol. The number of carbonyl (C=O) groups excluding carboxylic acids is 3. The average Bonchev–Trinajstić information content (AvgIpc) is 2.66. The Balaban J connectivity index is 1.88. The Bertz CT molecular complexity index is 695. The molecule has 2 aliphatic carbocycles. The molecule has 1 aromatic carbocycles. The SMILES string of the molecule is CC1(C)C2CC[C@@]1(C)C(=O)C(C(=O)Nc1ccc(Cl)cc1)C2=O. The van der Waals surface area contributed by atoms with Crippen molar-refractivity contribution in [3.05, 3.63) is 29.3 Å². The molecule has 2 unspecified atom stereocenters. The molecular formula is C18H20ClNO3. The van der Waals surface area contributed by atoms with Gasteiger partial charge in [0, 0.05) is 22.0 Å². The van der Waals surface area contributed by atoms with Crippen LogP contribution in [-0.4, -0.2) is 17.5 Å². The molecule has 2 fully saturated rings. The van der Waals surface area contributed by atoms with Crippen molar-refractivity contribution in [3.8, 4) is 0 Å². The number of ketones is 2. The molecule has 0 heterocycles. The van der Waals surface area contributed by atoms with Crippen LogP contribution in [0.5, 0.6) is 0 Å². The van der Waals surface area contributed by atoms with Crippen LogP contribution in [0.3, 0.4) is 0 Å². The summed E-state index contributed by atoms with van der Waals surface area (Å²) in [6, 6.07) is 6.60. The van der Waals surface area contributed by atoms with E-state index < -0.39 is 22.7 Å². The Labute approximate surface area is 140 Å². The number of benzene rings is 1. The average molecular weight is 334 g/mol. The zero-order valence-corrected chi connectivity index (χ0v) is 14.2. The summed E-state index contributed by atoms with van der Waals surface area (Å²) in [5.41, 5.74) is -0.478. The molecule has 2 aliphatic rings. The fraction of sp³-hybridized carbons (Fsp3) is 0.500. The molecule has 0 spiro atoms. The predicted molar refractivity (Wildman–Crippen MR) is 88.2 cm³/mol. The molecule has 2 saturated carbocycles. The Morgan fingerprint density at radius 3 is 2.39 bits per heavy atom. The van der Waals surface area contributed by atoms with E-state index in [-0.39, 0.29) is 17.5 Å². The van der Waals surface area contributed by atoms with Crippen LogP contribution < -0.4 is 5.32 Å². The molecule has 3 atom stereocenters. The number of rotatable bonds is 2. The second-order valence-corrected chi connectivity index (χ2v) is 7.78. The first-order valence-electron chi connectivity index (χ1n) is 7.83. The van der Waals surface area contributed by atoms with Gasteiger partial charge in [-0.1, -0.05) is 32.4 Å². The number of Topliss-reactive ketones (excluding diaryl/α,β-unsaturated/α-hetero) is 2. The standard InChI is InChI=1S/C18H20ClNO3/c1-17(2)12-8-9-18(17,3)15(22)13(14(12)21)16(23)20-11-6-4-10(19)5-7-11/h4-7,12-13H,8-9H2,1-3H3,(H,20,23)/t12?,13?,18-/m0/s1. The van der Waals surface area contributed by atoms with Crippen molar-refractivity contribution in [1.82, 2.24) is 0 Å². The van der Waals surface area contributed by atoms with Gasteiger partial charge in [0.1, 0.15) is 0 Å². The lowest BCUT2D eigenvalue weighted by atomic mass is 9.55. The van der Waals surface area contributed by atoms with Gasteiger partial charge >= 0.3 is 0 Å². The van der Waals surface area contributed by atoms with Gasteiger partial charge in [0.05, 0.1) is 0 Å². The van der Waals surface area contributed by atoms with Crippen LogP contribution in [0.2, 0.25) is 5.02 Å². The first kappa shape index (κ1) is 16.2. The minimum absolute atomic E-state index is 0.230. The number of carbonyl (C=O) groups is 3. The normalized spacial score (nSPS) is 32.0. The van der Waals surface area contributed by atoms with Crippen molar-refractivity contribution < 1.29 is 14.4 Å². The molecule has 4 nitrogen and oxygen atoms in total. The minimum atomic E-state index is -1.20. The zero-order valence-electron chi connectivity index (χ0n) is 13.5. The molecule has 3 rings (SSSR count). The number of halogens is 1. The van der Waals surface area contributed by atoms with Gasteiger partial charge in [0.15, 0.2) is 17.5 Å². The lowest BCUT2D eigenvalue weighted by Crippen LogP contribution is -2.56. The molecule has 0 aromatic heterocycles. The second kappa shape index (κ2) is 5.17. The lowest BCUT2D eigenvalue weighted by molar-refractivity contribution is -0.156. The van der Waals surface area contributed by atoms with Crippen LogP contribution in [0.4, 0.5) is 5.69 Å². The second-order valence-electron chi connectivity index (χ2n) is 7.34. The minimum Gasteiger partial charge on any atom is -0.325 e. The van der Waals surface area contributed by atoms with Gasteiger partial charge in [-0.25, -0.2) is 0 Å². The van der Waals surface area contributed by atoms with E-state index in [0.717, 1.165) is 0 Å². The summed E-state index contributed by atoms with van der Waals surface area (Å²) in [6.07, 6.45) is 1.35. The first-order valence-corrected chi connectivity index (χ1v) is 8.21. The lowest BCUT2D eigenvalue weighted by Gasteiger charge is -2.45. The number of nitrogens with one attached hydrogen (secondary N) is 1. The van der Waals surface area contributed by atoms with E-state index in [1.165, 1.54) is 0 Å². The van der Waals surface area contributed by atoms with Gasteiger partial charge in [-0.15, -0.1) is 0 Å². The van der Waals surface area contributed by atoms with Gasteiger partial charge in [-0.3, -0.25) is 14.4 Å². The Morgan fingerprint density at radius 1 is 1.17 bits per heavy atom. The van der Waals surface area contributed by atoms with Crippen LogP contribution >= 0.6 is 11.6 Å². The van der Waals surface area contributed by atoms with Crippen molar-refractivity contribution in [1.29, 1.82) is 0 Å². The van der Waals surface area contributed by atoms with E-state index in [0.29, 0.717) is 23.6 Å². The topological polar surface area (TPSA) is 63.2 Å². The Kier molecular flexibility index (Phi) is 3.64. The van der Waals surface area contributed by atoms with E-state index in [1.807, 2.05) is 20.8 Å².